The Kier molecular flexibility index (Phi) is 4.40. The van der Waals surface area contributed by atoms with Crippen LogP contribution >= 0.6 is 0 Å². The Bertz CT molecular complexity index is 264. The summed E-state index contributed by atoms with van der Waals surface area (Å²) in [6.07, 6.45) is 5.69. The number of nitrogens with zero attached hydrogens (tertiary/aromatic N) is 1. The number of ether oxygens (including phenoxy) is 1. The van der Waals surface area contributed by atoms with Crippen LogP contribution in [0.25, 0.3) is 0 Å². The number of likely N-dealkylation sites (tertiary alicyclic amines) is 1. The summed E-state index contributed by atoms with van der Waals surface area (Å²) in [7, 11) is 1.88. The third-order valence-corrected chi connectivity index (χ3v) is 4.00. The van der Waals surface area contributed by atoms with Crippen LogP contribution in [-0.2, 0) is 9.53 Å². The molecule has 98 valence electrons. The molecule has 4 heteroatoms. The molecule has 0 aliphatic carbocycles. The minimum absolute atomic E-state index is 0.00125. The second-order valence-electron chi connectivity index (χ2n) is 5.25. The molecule has 1 amide bonds. The monoisotopic (exact) mass is 240 g/mol. The van der Waals surface area contributed by atoms with Crippen molar-refractivity contribution in [3.63, 3.8) is 0 Å². The van der Waals surface area contributed by atoms with Crippen molar-refractivity contribution in [2.75, 3.05) is 20.2 Å². The van der Waals surface area contributed by atoms with Gasteiger partial charge < -0.3 is 15.0 Å². The van der Waals surface area contributed by atoms with Crippen LogP contribution in [0.3, 0.4) is 0 Å². The Labute approximate surface area is 104 Å². The molecule has 0 saturated carbocycles. The van der Waals surface area contributed by atoms with Gasteiger partial charge in [0.1, 0.15) is 0 Å². The summed E-state index contributed by atoms with van der Waals surface area (Å²) in [6.45, 7) is 3.79. The summed E-state index contributed by atoms with van der Waals surface area (Å²) < 4.78 is 5.65. The largest absolute Gasteiger partial charge is 0.376 e. The van der Waals surface area contributed by atoms with E-state index in [1.807, 2.05) is 11.9 Å². The summed E-state index contributed by atoms with van der Waals surface area (Å²) in [5.41, 5.74) is 0. The Morgan fingerprint density at radius 3 is 2.82 bits per heavy atom. The van der Waals surface area contributed by atoms with Gasteiger partial charge in [-0.05, 0) is 46.1 Å². The van der Waals surface area contributed by atoms with E-state index in [2.05, 4.69) is 12.2 Å². The van der Waals surface area contributed by atoms with E-state index in [1.165, 1.54) is 0 Å². The Hall–Kier alpha value is -0.610. The van der Waals surface area contributed by atoms with Gasteiger partial charge in [0.15, 0.2) is 0 Å². The van der Waals surface area contributed by atoms with Crippen LogP contribution < -0.4 is 5.32 Å². The molecule has 0 aromatic carbocycles. The molecule has 3 atom stereocenters. The maximum atomic E-state index is 12.4. The Balaban J connectivity index is 2.01. The molecular weight excluding hydrogens is 216 g/mol. The minimum atomic E-state index is 0.00125. The Morgan fingerprint density at radius 2 is 2.18 bits per heavy atom. The van der Waals surface area contributed by atoms with E-state index in [4.69, 9.17) is 4.74 Å². The van der Waals surface area contributed by atoms with E-state index in [1.54, 1.807) is 0 Å². The molecule has 3 unspecified atom stereocenters. The first-order valence-electron chi connectivity index (χ1n) is 6.81. The molecule has 2 fully saturated rings. The predicted octanol–water partition coefficient (Wildman–Crippen LogP) is 1.15. The highest BCUT2D eigenvalue weighted by Gasteiger charge is 2.32. The van der Waals surface area contributed by atoms with Crippen molar-refractivity contribution in [2.45, 2.75) is 57.2 Å². The average molecular weight is 240 g/mol. The molecule has 4 nitrogen and oxygen atoms in total. The highest BCUT2D eigenvalue weighted by molar-refractivity contribution is 5.82. The summed E-state index contributed by atoms with van der Waals surface area (Å²) in [6, 6.07) is 0.353. The van der Waals surface area contributed by atoms with Crippen LogP contribution in [0.1, 0.15) is 39.0 Å². The van der Waals surface area contributed by atoms with Crippen LogP contribution in [0.15, 0.2) is 0 Å². The summed E-state index contributed by atoms with van der Waals surface area (Å²) >= 11 is 0. The fourth-order valence-corrected chi connectivity index (χ4v) is 2.86. The molecule has 0 aromatic rings. The van der Waals surface area contributed by atoms with E-state index in [9.17, 15) is 4.79 Å². The van der Waals surface area contributed by atoms with E-state index in [0.29, 0.717) is 6.04 Å². The van der Waals surface area contributed by atoms with Gasteiger partial charge in [0, 0.05) is 19.2 Å². The lowest BCUT2D eigenvalue weighted by molar-refractivity contribution is -0.136. The lowest BCUT2D eigenvalue weighted by Crippen LogP contribution is -2.49. The molecule has 0 spiro atoms. The SMILES string of the molecule is CNC1CCCC(C)N(CC2CCCO2)C1=O. The molecule has 0 bridgehead atoms. The normalized spacial score (nSPS) is 35.1. The van der Waals surface area contributed by atoms with Gasteiger partial charge in [0.25, 0.3) is 0 Å². The fourth-order valence-electron chi connectivity index (χ4n) is 2.86. The van der Waals surface area contributed by atoms with Gasteiger partial charge in [0.2, 0.25) is 5.91 Å². The summed E-state index contributed by atoms with van der Waals surface area (Å²) in [4.78, 5) is 14.4. The maximum absolute atomic E-state index is 12.4. The minimum Gasteiger partial charge on any atom is -0.376 e. The first kappa shape index (κ1) is 12.8. The van der Waals surface area contributed by atoms with E-state index in [-0.39, 0.29) is 18.1 Å². The molecule has 0 aromatic heterocycles. The number of nitrogens with one attached hydrogen (secondary N) is 1. The van der Waals surface area contributed by atoms with Crippen molar-refractivity contribution >= 4 is 5.91 Å². The van der Waals surface area contributed by atoms with Gasteiger partial charge in [-0.25, -0.2) is 0 Å². The van der Waals surface area contributed by atoms with Crippen LogP contribution in [0.2, 0.25) is 0 Å². The van der Waals surface area contributed by atoms with Gasteiger partial charge in [-0.15, -0.1) is 0 Å². The maximum Gasteiger partial charge on any atom is 0.240 e. The molecule has 2 aliphatic rings. The fraction of sp³-hybridized carbons (Fsp3) is 0.923. The molecule has 17 heavy (non-hydrogen) atoms. The predicted molar refractivity (Wildman–Crippen MR) is 66.8 cm³/mol. The molecule has 2 heterocycles. The second kappa shape index (κ2) is 5.83. The Morgan fingerprint density at radius 1 is 1.35 bits per heavy atom. The molecule has 2 saturated heterocycles. The summed E-state index contributed by atoms with van der Waals surface area (Å²) in [5, 5.41) is 3.14. The highest BCUT2D eigenvalue weighted by Crippen LogP contribution is 2.21. The number of hydrogen-bond acceptors (Lipinski definition) is 3. The number of likely N-dealkylation sites (N-methyl/N-ethyl adjacent to an activating group) is 1. The zero-order valence-corrected chi connectivity index (χ0v) is 10.9. The van der Waals surface area contributed by atoms with Gasteiger partial charge in [-0.1, -0.05) is 0 Å². The van der Waals surface area contributed by atoms with Crippen LogP contribution in [-0.4, -0.2) is 49.2 Å². The van der Waals surface area contributed by atoms with Gasteiger partial charge >= 0.3 is 0 Å². The average Bonchev–Trinajstić information content (AvgIpc) is 2.79. The van der Waals surface area contributed by atoms with Crippen molar-refractivity contribution in [3.8, 4) is 0 Å². The zero-order chi connectivity index (χ0) is 12.3. The molecule has 2 rings (SSSR count). The van der Waals surface area contributed by atoms with E-state index < -0.39 is 0 Å². The van der Waals surface area contributed by atoms with Crippen molar-refractivity contribution in [3.05, 3.63) is 0 Å². The van der Waals surface area contributed by atoms with Gasteiger partial charge in [0.05, 0.1) is 12.1 Å². The molecule has 2 aliphatic heterocycles. The number of amides is 1. The molecule has 1 N–H and O–H groups in total. The first-order valence-corrected chi connectivity index (χ1v) is 6.81. The zero-order valence-electron chi connectivity index (χ0n) is 10.9. The van der Waals surface area contributed by atoms with E-state index in [0.717, 1.165) is 45.3 Å². The topological polar surface area (TPSA) is 41.6 Å². The third kappa shape index (κ3) is 2.99. The van der Waals surface area contributed by atoms with Crippen LogP contribution in [0.4, 0.5) is 0 Å². The van der Waals surface area contributed by atoms with E-state index >= 15 is 0 Å². The molecule has 0 radical (unpaired) electrons. The third-order valence-electron chi connectivity index (χ3n) is 4.00. The van der Waals surface area contributed by atoms with Crippen molar-refractivity contribution in [2.24, 2.45) is 0 Å². The number of hydrogen-bond donors (Lipinski definition) is 1. The van der Waals surface area contributed by atoms with Crippen molar-refractivity contribution < 1.29 is 9.53 Å². The second-order valence-corrected chi connectivity index (χ2v) is 5.25. The first-order chi connectivity index (χ1) is 8.22. The van der Waals surface area contributed by atoms with Gasteiger partial charge in [-0.2, -0.15) is 0 Å². The quantitative estimate of drug-likeness (QED) is 0.804. The van der Waals surface area contributed by atoms with Crippen LogP contribution in [0, 0.1) is 0 Å². The lowest BCUT2D eigenvalue weighted by Gasteiger charge is -2.31. The number of carbonyl (C=O) groups is 1. The van der Waals surface area contributed by atoms with Crippen LogP contribution in [0.5, 0.6) is 0 Å². The number of rotatable bonds is 3. The van der Waals surface area contributed by atoms with Crippen molar-refractivity contribution in [1.29, 1.82) is 0 Å². The number of carbonyl (C=O) groups excluding carboxylic acids is 1. The molecular formula is C13H24N2O2. The highest BCUT2D eigenvalue weighted by atomic mass is 16.5. The lowest BCUT2D eigenvalue weighted by atomic mass is 10.1. The standard InChI is InChI=1S/C13H24N2O2/c1-10-5-3-7-12(14-2)13(16)15(10)9-11-6-4-8-17-11/h10-12,14H,3-9H2,1-2H3. The smallest absolute Gasteiger partial charge is 0.240 e. The summed E-state index contributed by atoms with van der Waals surface area (Å²) in [5.74, 6) is 0.257. The van der Waals surface area contributed by atoms with Gasteiger partial charge in [-0.3, -0.25) is 4.79 Å². The van der Waals surface area contributed by atoms with Crippen molar-refractivity contribution in [1.82, 2.24) is 10.2 Å².